The van der Waals surface area contributed by atoms with Crippen LogP contribution in [0.4, 0.5) is 0 Å². The summed E-state index contributed by atoms with van der Waals surface area (Å²) in [5.41, 5.74) is 5.49. The molecule has 25 heavy (non-hydrogen) atoms. The first-order valence-corrected chi connectivity index (χ1v) is 10.8. The van der Waals surface area contributed by atoms with Crippen molar-refractivity contribution < 1.29 is 9.90 Å². The van der Waals surface area contributed by atoms with Gasteiger partial charge in [-0.25, -0.2) is 0 Å². The minimum atomic E-state index is -0.660. The summed E-state index contributed by atoms with van der Waals surface area (Å²) in [5.74, 6) is -0.660. The Balaban J connectivity index is 3.07. The van der Waals surface area contributed by atoms with Crippen molar-refractivity contribution in [2.45, 2.75) is 116 Å². The van der Waals surface area contributed by atoms with E-state index in [4.69, 9.17) is 10.8 Å². The van der Waals surface area contributed by atoms with Crippen LogP contribution in [0.1, 0.15) is 116 Å². The van der Waals surface area contributed by atoms with E-state index in [0.29, 0.717) is 6.42 Å². The van der Waals surface area contributed by atoms with Gasteiger partial charge in [-0.1, -0.05) is 82.8 Å². The molecule has 3 nitrogen and oxygen atoms in total. The van der Waals surface area contributed by atoms with Gasteiger partial charge in [0.2, 0.25) is 0 Å². The van der Waals surface area contributed by atoms with Crippen LogP contribution in [0.5, 0.6) is 0 Å². The molecule has 0 fully saturated rings. The first-order valence-electron chi connectivity index (χ1n) is 10.8. The van der Waals surface area contributed by atoms with Gasteiger partial charge in [0, 0.05) is 6.42 Å². The van der Waals surface area contributed by atoms with E-state index in [1.54, 1.807) is 0 Å². The molecular formula is C22H43NO2. The van der Waals surface area contributed by atoms with Crippen molar-refractivity contribution in [2.75, 3.05) is 6.54 Å². The second-order valence-electron chi connectivity index (χ2n) is 7.28. The van der Waals surface area contributed by atoms with Crippen LogP contribution in [0.3, 0.4) is 0 Å². The Labute approximate surface area is 156 Å². The molecule has 0 aromatic heterocycles. The van der Waals surface area contributed by atoms with Gasteiger partial charge in [-0.3, -0.25) is 4.79 Å². The molecule has 0 aliphatic heterocycles. The first-order chi connectivity index (χ1) is 12.3. The third kappa shape index (κ3) is 23.2. The maximum Gasteiger partial charge on any atom is 0.303 e. The molecule has 0 amide bonds. The molecule has 0 aliphatic rings. The Morgan fingerprint density at radius 3 is 1.36 bits per heavy atom. The van der Waals surface area contributed by atoms with Crippen LogP contribution in [0.25, 0.3) is 0 Å². The molecular weight excluding hydrogens is 310 g/mol. The van der Waals surface area contributed by atoms with Crippen LogP contribution < -0.4 is 5.73 Å². The number of carbonyl (C=O) groups is 1. The van der Waals surface area contributed by atoms with Crippen molar-refractivity contribution in [2.24, 2.45) is 5.73 Å². The van der Waals surface area contributed by atoms with Gasteiger partial charge in [-0.15, -0.1) is 0 Å². The average molecular weight is 354 g/mol. The second-order valence-corrected chi connectivity index (χ2v) is 7.28. The number of nitrogens with two attached hydrogens (primary N) is 1. The Morgan fingerprint density at radius 2 is 0.960 bits per heavy atom. The summed E-state index contributed by atoms with van der Waals surface area (Å²) in [6, 6.07) is 0. The van der Waals surface area contributed by atoms with Crippen molar-refractivity contribution >= 4 is 5.97 Å². The number of hydrogen-bond donors (Lipinski definition) is 2. The van der Waals surface area contributed by atoms with Crippen LogP contribution >= 0.6 is 0 Å². The van der Waals surface area contributed by atoms with Crippen LogP contribution in [-0.2, 0) is 4.79 Å². The summed E-state index contributed by atoms with van der Waals surface area (Å²) in [6.07, 6.45) is 26.6. The largest absolute Gasteiger partial charge is 0.481 e. The molecule has 0 spiro atoms. The number of carboxylic acids is 1. The number of rotatable bonds is 20. The highest BCUT2D eigenvalue weighted by molar-refractivity contribution is 5.66. The highest BCUT2D eigenvalue weighted by Crippen LogP contribution is 2.12. The van der Waals surface area contributed by atoms with E-state index in [2.05, 4.69) is 12.2 Å². The minimum Gasteiger partial charge on any atom is -0.481 e. The van der Waals surface area contributed by atoms with Gasteiger partial charge < -0.3 is 10.8 Å². The summed E-state index contributed by atoms with van der Waals surface area (Å²) >= 11 is 0. The zero-order valence-corrected chi connectivity index (χ0v) is 16.5. The fourth-order valence-electron chi connectivity index (χ4n) is 3.13. The number of aliphatic carboxylic acids is 1. The van der Waals surface area contributed by atoms with E-state index < -0.39 is 5.97 Å². The summed E-state index contributed by atoms with van der Waals surface area (Å²) in [7, 11) is 0. The van der Waals surface area contributed by atoms with E-state index in [1.165, 1.54) is 96.3 Å². The van der Waals surface area contributed by atoms with Crippen LogP contribution in [0.15, 0.2) is 12.2 Å². The number of hydrogen-bond acceptors (Lipinski definition) is 2. The van der Waals surface area contributed by atoms with E-state index in [0.717, 1.165) is 19.4 Å². The molecule has 148 valence electrons. The summed E-state index contributed by atoms with van der Waals surface area (Å²) < 4.78 is 0. The lowest BCUT2D eigenvalue weighted by molar-refractivity contribution is -0.137. The predicted molar refractivity (Wildman–Crippen MR) is 109 cm³/mol. The monoisotopic (exact) mass is 353 g/mol. The SMILES string of the molecule is NCCCCCCCC/C=C\CCCCCCCCCCCC(=O)O. The quantitative estimate of drug-likeness (QED) is 0.191. The number of unbranched alkanes of at least 4 members (excludes halogenated alkanes) is 15. The Kier molecular flexibility index (Phi) is 20.5. The maximum absolute atomic E-state index is 10.4. The molecule has 0 radical (unpaired) electrons. The smallest absolute Gasteiger partial charge is 0.303 e. The van der Waals surface area contributed by atoms with E-state index in [-0.39, 0.29) is 0 Å². The molecule has 0 aliphatic carbocycles. The van der Waals surface area contributed by atoms with Gasteiger partial charge in [0.25, 0.3) is 0 Å². The maximum atomic E-state index is 10.4. The van der Waals surface area contributed by atoms with Crippen LogP contribution in [0.2, 0.25) is 0 Å². The predicted octanol–water partition coefficient (Wildman–Crippen LogP) is 6.61. The third-order valence-corrected chi connectivity index (χ3v) is 4.75. The fourth-order valence-corrected chi connectivity index (χ4v) is 3.13. The molecule has 0 heterocycles. The Bertz CT molecular complexity index is 302. The molecule has 3 heteroatoms. The van der Waals surface area contributed by atoms with Gasteiger partial charge in [-0.05, 0) is 45.1 Å². The fraction of sp³-hybridized carbons (Fsp3) is 0.864. The lowest BCUT2D eigenvalue weighted by atomic mass is 10.1. The first kappa shape index (κ1) is 24.2. The van der Waals surface area contributed by atoms with Crippen molar-refractivity contribution in [3.05, 3.63) is 12.2 Å². The molecule has 0 rings (SSSR count). The summed E-state index contributed by atoms with van der Waals surface area (Å²) in [5, 5.41) is 8.56. The Morgan fingerprint density at radius 1 is 0.600 bits per heavy atom. The van der Waals surface area contributed by atoms with E-state index in [1.807, 2.05) is 0 Å². The summed E-state index contributed by atoms with van der Waals surface area (Å²) in [6.45, 7) is 0.845. The van der Waals surface area contributed by atoms with Gasteiger partial charge in [-0.2, -0.15) is 0 Å². The molecule has 0 aromatic carbocycles. The molecule has 0 saturated heterocycles. The average Bonchev–Trinajstić information content (AvgIpc) is 2.60. The zero-order chi connectivity index (χ0) is 18.4. The van der Waals surface area contributed by atoms with Gasteiger partial charge in [0.05, 0.1) is 0 Å². The minimum absolute atomic E-state index is 0.336. The van der Waals surface area contributed by atoms with Crippen molar-refractivity contribution in [1.29, 1.82) is 0 Å². The van der Waals surface area contributed by atoms with E-state index >= 15 is 0 Å². The normalized spacial score (nSPS) is 11.4. The molecule has 0 unspecified atom stereocenters. The highest BCUT2D eigenvalue weighted by Gasteiger charge is 1.96. The van der Waals surface area contributed by atoms with Crippen molar-refractivity contribution in [3.8, 4) is 0 Å². The van der Waals surface area contributed by atoms with E-state index in [9.17, 15) is 4.79 Å². The molecule has 0 atom stereocenters. The van der Waals surface area contributed by atoms with Crippen LogP contribution in [-0.4, -0.2) is 17.6 Å². The van der Waals surface area contributed by atoms with Crippen LogP contribution in [0, 0.1) is 0 Å². The highest BCUT2D eigenvalue weighted by atomic mass is 16.4. The lowest BCUT2D eigenvalue weighted by Gasteiger charge is -2.01. The lowest BCUT2D eigenvalue weighted by Crippen LogP contribution is -1.97. The van der Waals surface area contributed by atoms with Gasteiger partial charge in [0.15, 0.2) is 0 Å². The van der Waals surface area contributed by atoms with Gasteiger partial charge in [0.1, 0.15) is 0 Å². The molecule has 0 saturated carbocycles. The number of allylic oxidation sites excluding steroid dienone is 2. The number of carboxylic acid groups (broad SMARTS) is 1. The second kappa shape index (κ2) is 21.2. The zero-order valence-electron chi connectivity index (χ0n) is 16.5. The molecule has 3 N–H and O–H groups in total. The standard InChI is InChI=1S/C22H43NO2/c23-21-19-17-15-13-11-9-7-5-3-1-2-4-6-8-10-12-14-16-18-20-22(24)25/h3,5H,1-2,4,6-21,23H2,(H,24,25)/b5-3-. The van der Waals surface area contributed by atoms with Gasteiger partial charge >= 0.3 is 5.97 Å². The molecule has 0 bridgehead atoms. The summed E-state index contributed by atoms with van der Waals surface area (Å²) in [4.78, 5) is 10.4. The Hall–Kier alpha value is -0.830. The molecule has 0 aromatic rings. The van der Waals surface area contributed by atoms with Crippen molar-refractivity contribution in [3.63, 3.8) is 0 Å². The third-order valence-electron chi connectivity index (χ3n) is 4.75. The topological polar surface area (TPSA) is 63.3 Å². The van der Waals surface area contributed by atoms with Crippen molar-refractivity contribution in [1.82, 2.24) is 0 Å².